The molecule has 2 rings (SSSR count). The summed E-state index contributed by atoms with van der Waals surface area (Å²) >= 11 is 0. The van der Waals surface area contributed by atoms with Crippen LogP contribution in [-0.4, -0.2) is 34.5 Å². The Morgan fingerprint density at radius 3 is 2.50 bits per heavy atom. The van der Waals surface area contributed by atoms with Crippen LogP contribution in [0.1, 0.15) is 66.2 Å². The smallest absolute Gasteiger partial charge is 0.302 e. The van der Waals surface area contributed by atoms with Crippen molar-refractivity contribution in [2.24, 2.45) is 22.7 Å². The molecule has 0 radical (unpaired) electrons. The zero-order valence-corrected chi connectivity index (χ0v) is 16.9. The summed E-state index contributed by atoms with van der Waals surface area (Å²) < 4.78 is 5.71. The van der Waals surface area contributed by atoms with E-state index >= 15 is 0 Å². The Morgan fingerprint density at radius 1 is 1.31 bits per heavy atom. The molecule has 0 amide bonds. The topological polar surface area (TPSA) is 66.8 Å². The van der Waals surface area contributed by atoms with Gasteiger partial charge in [0.15, 0.2) is 0 Å². The van der Waals surface area contributed by atoms with Crippen LogP contribution in [0.3, 0.4) is 0 Å². The third kappa shape index (κ3) is 3.77. The summed E-state index contributed by atoms with van der Waals surface area (Å²) in [5.41, 5.74) is -0.472. The lowest BCUT2D eigenvalue weighted by Gasteiger charge is -2.63. The van der Waals surface area contributed by atoms with Gasteiger partial charge < -0.3 is 14.9 Å². The number of rotatable bonds is 6. The van der Waals surface area contributed by atoms with Crippen molar-refractivity contribution in [2.75, 3.05) is 6.61 Å². The SMILES string of the molecule is C=CC(=C)CC[C@H]1[C@]2(C)CCC[C@](C)(CO)[C@H]2[C@H](OC(C)=O)C[C@]1(C)O. The van der Waals surface area contributed by atoms with Gasteiger partial charge >= 0.3 is 5.97 Å². The predicted molar refractivity (Wildman–Crippen MR) is 103 cm³/mol. The molecule has 148 valence electrons. The highest BCUT2D eigenvalue weighted by Gasteiger charge is 2.63. The van der Waals surface area contributed by atoms with Gasteiger partial charge in [-0.25, -0.2) is 0 Å². The minimum absolute atomic E-state index is 0.0277. The van der Waals surface area contributed by atoms with E-state index in [1.807, 2.05) is 6.92 Å². The van der Waals surface area contributed by atoms with Crippen molar-refractivity contribution in [3.05, 3.63) is 24.8 Å². The van der Waals surface area contributed by atoms with Crippen molar-refractivity contribution in [3.8, 4) is 0 Å². The Morgan fingerprint density at radius 2 is 1.96 bits per heavy atom. The lowest BCUT2D eigenvalue weighted by molar-refractivity contribution is -0.232. The monoisotopic (exact) mass is 364 g/mol. The van der Waals surface area contributed by atoms with E-state index < -0.39 is 5.60 Å². The number of carbonyl (C=O) groups is 1. The van der Waals surface area contributed by atoms with E-state index in [0.29, 0.717) is 6.42 Å². The average molecular weight is 365 g/mol. The largest absolute Gasteiger partial charge is 0.462 e. The Bertz CT molecular complexity index is 566. The molecular weight excluding hydrogens is 328 g/mol. The molecule has 0 saturated heterocycles. The molecule has 6 atom stereocenters. The van der Waals surface area contributed by atoms with Crippen molar-refractivity contribution in [2.45, 2.75) is 77.9 Å². The molecule has 2 aliphatic carbocycles. The minimum Gasteiger partial charge on any atom is -0.462 e. The average Bonchev–Trinajstić information content (AvgIpc) is 2.52. The number of ether oxygens (including phenoxy) is 1. The number of fused-ring (bicyclic) bond motifs is 1. The van der Waals surface area contributed by atoms with Gasteiger partial charge in [-0.05, 0) is 49.4 Å². The van der Waals surface area contributed by atoms with Gasteiger partial charge in [-0.2, -0.15) is 0 Å². The zero-order valence-electron chi connectivity index (χ0n) is 16.9. The zero-order chi connectivity index (χ0) is 19.8. The molecular formula is C22H36O4. The third-order valence-corrected chi connectivity index (χ3v) is 7.18. The maximum absolute atomic E-state index is 11.7. The van der Waals surface area contributed by atoms with E-state index in [1.54, 1.807) is 6.08 Å². The Labute approximate surface area is 158 Å². The van der Waals surface area contributed by atoms with Gasteiger partial charge in [0.1, 0.15) is 6.10 Å². The molecule has 4 heteroatoms. The van der Waals surface area contributed by atoms with Crippen LogP contribution in [0.25, 0.3) is 0 Å². The summed E-state index contributed by atoms with van der Waals surface area (Å²) in [6.45, 7) is 15.5. The number of allylic oxidation sites excluding steroid dienone is 2. The van der Waals surface area contributed by atoms with Crippen molar-refractivity contribution in [1.29, 1.82) is 0 Å². The molecule has 0 heterocycles. The normalized spacial score (nSPS) is 42.6. The second-order valence-corrected chi connectivity index (χ2v) is 9.31. The molecule has 26 heavy (non-hydrogen) atoms. The molecule has 0 unspecified atom stereocenters. The van der Waals surface area contributed by atoms with Crippen molar-refractivity contribution in [3.63, 3.8) is 0 Å². The molecule has 4 nitrogen and oxygen atoms in total. The lowest BCUT2D eigenvalue weighted by Crippen LogP contribution is -2.64. The molecule has 2 fully saturated rings. The van der Waals surface area contributed by atoms with Crippen LogP contribution in [0.5, 0.6) is 0 Å². The Hall–Kier alpha value is -1.13. The maximum atomic E-state index is 11.7. The Balaban J connectivity index is 2.46. The summed E-state index contributed by atoms with van der Waals surface area (Å²) in [6.07, 6.45) is 6.31. The molecule has 0 aromatic rings. The molecule has 0 bridgehead atoms. The summed E-state index contributed by atoms with van der Waals surface area (Å²) in [7, 11) is 0. The highest BCUT2D eigenvalue weighted by Crippen LogP contribution is 2.63. The van der Waals surface area contributed by atoms with Gasteiger partial charge in [-0.3, -0.25) is 4.79 Å². The van der Waals surface area contributed by atoms with Crippen LogP contribution in [0, 0.1) is 22.7 Å². The van der Waals surface area contributed by atoms with Crippen LogP contribution in [0.4, 0.5) is 0 Å². The fourth-order valence-electron chi connectivity index (χ4n) is 6.20. The molecule has 0 spiro atoms. The van der Waals surface area contributed by atoms with Gasteiger partial charge in [0.25, 0.3) is 0 Å². The summed E-state index contributed by atoms with van der Waals surface area (Å²) in [5.74, 6) is -0.243. The third-order valence-electron chi connectivity index (χ3n) is 7.18. The number of aliphatic hydroxyl groups excluding tert-OH is 1. The lowest BCUT2D eigenvalue weighted by atomic mass is 9.44. The number of carbonyl (C=O) groups excluding carboxylic acids is 1. The second-order valence-electron chi connectivity index (χ2n) is 9.31. The first kappa shape index (κ1) is 21.2. The minimum atomic E-state index is -0.930. The first-order valence-corrected chi connectivity index (χ1v) is 9.81. The molecule has 0 aliphatic heterocycles. The molecule has 0 aromatic heterocycles. The molecule has 2 saturated carbocycles. The maximum Gasteiger partial charge on any atom is 0.302 e. The number of hydrogen-bond donors (Lipinski definition) is 2. The first-order valence-electron chi connectivity index (χ1n) is 9.81. The van der Waals surface area contributed by atoms with Gasteiger partial charge in [0.05, 0.1) is 5.60 Å². The van der Waals surface area contributed by atoms with E-state index in [2.05, 4.69) is 27.0 Å². The van der Waals surface area contributed by atoms with Crippen LogP contribution < -0.4 is 0 Å². The summed E-state index contributed by atoms with van der Waals surface area (Å²) in [6, 6.07) is 0. The highest BCUT2D eigenvalue weighted by molar-refractivity contribution is 5.66. The fraction of sp³-hybridized carbons (Fsp3) is 0.773. The van der Waals surface area contributed by atoms with E-state index in [9.17, 15) is 15.0 Å². The second kappa shape index (κ2) is 7.47. The van der Waals surface area contributed by atoms with Crippen LogP contribution >= 0.6 is 0 Å². The van der Waals surface area contributed by atoms with E-state index in [-0.39, 0.29) is 41.3 Å². The summed E-state index contributed by atoms with van der Waals surface area (Å²) in [4.78, 5) is 11.7. The van der Waals surface area contributed by atoms with Gasteiger partial charge in [0.2, 0.25) is 0 Å². The van der Waals surface area contributed by atoms with E-state index in [4.69, 9.17) is 4.74 Å². The molecule has 2 N–H and O–H groups in total. The predicted octanol–water partition coefficient (Wildman–Crippen LogP) is 4.02. The van der Waals surface area contributed by atoms with Crippen molar-refractivity contribution in [1.82, 2.24) is 0 Å². The Kier molecular flexibility index (Phi) is 6.09. The number of aliphatic hydroxyl groups is 2. The van der Waals surface area contributed by atoms with E-state index in [1.165, 1.54) is 6.92 Å². The first-order chi connectivity index (χ1) is 12.0. The van der Waals surface area contributed by atoms with Crippen LogP contribution in [0.15, 0.2) is 24.8 Å². The van der Waals surface area contributed by atoms with Crippen LogP contribution in [-0.2, 0) is 9.53 Å². The standard InChI is InChI=1S/C22H36O4/c1-7-15(2)9-10-18-21(5)12-8-11-20(4,14-23)19(21)17(26-16(3)24)13-22(18,6)25/h7,17-19,23,25H,1-2,8-14H2,3-6H3/t17-,18+,19-,20-,21+,22+/m1/s1. The summed E-state index contributed by atoms with van der Waals surface area (Å²) in [5, 5.41) is 21.5. The number of esters is 1. The van der Waals surface area contributed by atoms with Crippen molar-refractivity contribution >= 4 is 5.97 Å². The van der Waals surface area contributed by atoms with Gasteiger partial charge in [-0.15, -0.1) is 0 Å². The van der Waals surface area contributed by atoms with Gasteiger partial charge in [0, 0.05) is 25.9 Å². The quantitative estimate of drug-likeness (QED) is 0.552. The molecule has 0 aromatic carbocycles. The van der Waals surface area contributed by atoms with Gasteiger partial charge in [-0.1, -0.05) is 45.1 Å². The van der Waals surface area contributed by atoms with Crippen molar-refractivity contribution < 1.29 is 19.7 Å². The van der Waals surface area contributed by atoms with Crippen LogP contribution in [0.2, 0.25) is 0 Å². The molecule has 2 aliphatic rings. The number of hydrogen-bond acceptors (Lipinski definition) is 4. The highest BCUT2D eigenvalue weighted by atomic mass is 16.5. The van der Waals surface area contributed by atoms with E-state index in [0.717, 1.165) is 37.7 Å². The fourth-order valence-corrected chi connectivity index (χ4v) is 6.20.